The maximum atomic E-state index is 12.0. The monoisotopic (exact) mass is 341 g/mol. The topological polar surface area (TPSA) is 85.2 Å². The van der Waals surface area contributed by atoms with Crippen molar-refractivity contribution in [2.75, 3.05) is 11.9 Å². The summed E-state index contributed by atoms with van der Waals surface area (Å²) in [6.07, 6.45) is 2.07. The molecular formula is C18H16ClN3O2. The first kappa shape index (κ1) is 17.4. The van der Waals surface area contributed by atoms with Gasteiger partial charge in [0.05, 0.1) is 5.69 Å². The lowest BCUT2D eigenvalue weighted by atomic mass is 10.1. The molecule has 0 aliphatic rings. The van der Waals surface area contributed by atoms with E-state index in [1.54, 1.807) is 24.3 Å². The fourth-order valence-electron chi connectivity index (χ4n) is 2.00. The number of nitriles is 1. The summed E-state index contributed by atoms with van der Waals surface area (Å²) >= 11 is 5.91. The first-order chi connectivity index (χ1) is 11.6. The van der Waals surface area contributed by atoms with E-state index in [1.165, 1.54) is 12.3 Å². The Labute approximate surface area is 145 Å². The number of benzene rings is 2. The lowest BCUT2D eigenvalue weighted by Crippen LogP contribution is -2.18. The maximum absolute atomic E-state index is 12.0. The van der Waals surface area contributed by atoms with E-state index in [-0.39, 0.29) is 17.0 Å². The van der Waals surface area contributed by atoms with Gasteiger partial charge in [0.15, 0.2) is 0 Å². The molecule has 2 aromatic rings. The van der Waals surface area contributed by atoms with Gasteiger partial charge in [-0.2, -0.15) is 5.26 Å². The predicted molar refractivity (Wildman–Crippen MR) is 93.6 cm³/mol. The van der Waals surface area contributed by atoms with Gasteiger partial charge in [-0.15, -0.1) is 0 Å². The van der Waals surface area contributed by atoms with Gasteiger partial charge in [0, 0.05) is 17.8 Å². The second-order valence-electron chi connectivity index (χ2n) is 4.98. The summed E-state index contributed by atoms with van der Waals surface area (Å²) in [4.78, 5) is 12.0. The number of aromatic hydroxyl groups is 1. The molecule has 122 valence electrons. The number of amides is 1. The summed E-state index contributed by atoms with van der Waals surface area (Å²) in [6, 6.07) is 15.6. The van der Waals surface area contributed by atoms with Crippen molar-refractivity contribution in [3.05, 3.63) is 70.9 Å². The van der Waals surface area contributed by atoms with Crippen LogP contribution in [-0.4, -0.2) is 17.6 Å². The van der Waals surface area contributed by atoms with Gasteiger partial charge in [0.1, 0.15) is 17.4 Å². The standard InChI is InChI=1S/C18H16ClN3O2/c19-15-5-3-4-13(10-15)8-9-21-12-14(11-20)18(24)22-16-6-1-2-7-17(16)23/h1-7,10,12,21,23H,8-9H2,(H,22,24)/b14-12-. The SMILES string of the molecule is N#C/C(=C/NCCc1cccc(Cl)c1)C(=O)Nc1ccccc1O. The summed E-state index contributed by atoms with van der Waals surface area (Å²) in [7, 11) is 0. The molecule has 0 saturated carbocycles. The minimum atomic E-state index is -0.589. The summed E-state index contributed by atoms with van der Waals surface area (Å²) < 4.78 is 0. The third-order valence-electron chi connectivity index (χ3n) is 3.21. The Morgan fingerprint density at radius 2 is 2.04 bits per heavy atom. The van der Waals surface area contributed by atoms with Crippen LogP contribution < -0.4 is 10.6 Å². The molecular weight excluding hydrogens is 326 g/mol. The van der Waals surface area contributed by atoms with Gasteiger partial charge < -0.3 is 15.7 Å². The molecule has 6 heteroatoms. The Morgan fingerprint density at radius 1 is 1.25 bits per heavy atom. The highest BCUT2D eigenvalue weighted by atomic mass is 35.5. The Hall–Kier alpha value is -2.97. The lowest BCUT2D eigenvalue weighted by molar-refractivity contribution is -0.112. The van der Waals surface area contributed by atoms with Gasteiger partial charge in [-0.25, -0.2) is 0 Å². The summed E-state index contributed by atoms with van der Waals surface area (Å²) in [5.74, 6) is -0.647. The zero-order valence-electron chi connectivity index (χ0n) is 12.8. The number of hydrogen-bond donors (Lipinski definition) is 3. The number of para-hydroxylation sites is 2. The molecule has 0 aliphatic carbocycles. The fourth-order valence-corrected chi connectivity index (χ4v) is 2.21. The highest BCUT2D eigenvalue weighted by molar-refractivity contribution is 6.30. The number of nitrogens with one attached hydrogen (secondary N) is 2. The number of nitrogens with zero attached hydrogens (tertiary/aromatic N) is 1. The molecule has 1 amide bonds. The molecule has 0 radical (unpaired) electrons. The van der Waals surface area contributed by atoms with E-state index in [4.69, 9.17) is 16.9 Å². The summed E-state index contributed by atoms with van der Waals surface area (Å²) in [5, 5.41) is 24.8. The minimum Gasteiger partial charge on any atom is -0.506 e. The molecule has 2 rings (SSSR count). The molecule has 2 aromatic carbocycles. The third kappa shape index (κ3) is 5.04. The predicted octanol–water partition coefficient (Wildman–Crippen LogP) is 3.22. The van der Waals surface area contributed by atoms with E-state index < -0.39 is 5.91 Å². The summed E-state index contributed by atoms with van der Waals surface area (Å²) in [6.45, 7) is 0.551. The molecule has 0 spiro atoms. The number of phenolic OH excluding ortho intramolecular Hbond substituents is 1. The first-order valence-corrected chi connectivity index (χ1v) is 7.65. The summed E-state index contributed by atoms with van der Waals surface area (Å²) in [5.41, 5.74) is 1.23. The van der Waals surface area contributed by atoms with Crippen LogP contribution in [0, 0.1) is 11.3 Å². The van der Waals surface area contributed by atoms with E-state index in [1.807, 2.05) is 24.3 Å². The molecule has 3 N–H and O–H groups in total. The molecule has 0 aromatic heterocycles. The first-order valence-electron chi connectivity index (χ1n) is 7.27. The Bertz CT molecular complexity index is 797. The number of rotatable bonds is 6. The van der Waals surface area contributed by atoms with Crippen molar-refractivity contribution in [2.45, 2.75) is 6.42 Å². The zero-order valence-corrected chi connectivity index (χ0v) is 13.5. The van der Waals surface area contributed by atoms with Gasteiger partial charge >= 0.3 is 0 Å². The van der Waals surface area contributed by atoms with Crippen molar-refractivity contribution in [2.24, 2.45) is 0 Å². The number of halogens is 1. The number of anilines is 1. The minimum absolute atomic E-state index is 0.0583. The Balaban J connectivity index is 1.90. The fraction of sp³-hybridized carbons (Fsp3) is 0.111. The van der Waals surface area contributed by atoms with Crippen LogP contribution in [0.3, 0.4) is 0 Å². The van der Waals surface area contributed by atoms with Crippen LogP contribution >= 0.6 is 11.6 Å². The van der Waals surface area contributed by atoms with Crippen molar-refractivity contribution in [1.29, 1.82) is 5.26 Å². The lowest BCUT2D eigenvalue weighted by Gasteiger charge is -2.07. The van der Waals surface area contributed by atoms with Crippen LogP contribution in [0.25, 0.3) is 0 Å². The number of phenols is 1. The number of carbonyl (C=O) groups is 1. The zero-order chi connectivity index (χ0) is 17.4. The van der Waals surface area contributed by atoms with E-state index in [0.29, 0.717) is 18.0 Å². The smallest absolute Gasteiger partial charge is 0.267 e. The average Bonchev–Trinajstić information content (AvgIpc) is 2.57. The van der Waals surface area contributed by atoms with Crippen LogP contribution in [0.4, 0.5) is 5.69 Å². The molecule has 0 heterocycles. The van der Waals surface area contributed by atoms with Crippen LogP contribution in [0.2, 0.25) is 5.02 Å². The highest BCUT2D eigenvalue weighted by Gasteiger charge is 2.10. The molecule has 0 fully saturated rings. The van der Waals surface area contributed by atoms with Gasteiger partial charge in [-0.3, -0.25) is 4.79 Å². The second kappa shape index (κ2) is 8.61. The quantitative estimate of drug-likeness (QED) is 0.326. The van der Waals surface area contributed by atoms with Crippen LogP contribution in [0.5, 0.6) is 5.75 Å². The van der Waals surface area contributed by atoms with Crippen LogP contribution in [-0.2, 0) is 11.2 Å². The van der Waals surface area contributed by atoms with Crippen LogP contribution in [0.15, 0.2) is 60.3 Å². The molecule has 24 heavy (non-hydrogen) atoms. The maximum Gasteiger partial charge on any atom is 0.267 e. The second-order valence-corrected chi connectivity index (χ2v) is 5.41. The van der Waals surface area contributed by atoms with Crippen LogP contribution in [0.1, 0.15) is 5.56 Å². The van der Waals surface area contributed by atoms with Crippen molar-refractivity contribution in [3.63, 3.8) is 0 Å². The molecule has 0 bridgehead atoms. The Kier molecular flexibility index (Phi) is 6.23. The van der Waals surface area contributed by atoms with Gasteiger partial charge in [-0.1, -0.05) is 35.9 Å². The number of hydrogen-bond acceptors (Lipinski definition) is 4. The van der Waals surface area contributed by atoms with Crippen molar-refractivity contribution in [3.8, 4) is 11.8 Å². The van der Waals surface area contributed by atoms with Crippen molar-refractivity contribution >= 4 is 23.2 Å². The highest BCUT2D eigenvalue weighted by Crippen LogP contribution is 2.21. The normalized spacial score (nSPS) is 10.8. The molecule has 0 aliphatic heterocycles. The Morgan fingerprint density at radius 3 is 2.75 bits per heavy atom. The van der Waals surface area contributed by atoms with Gasteiger partial charge in [0.2, 0.25) is 0 Å². The molecule has 0 atom stereocenters. The molecule has 0 unspecified atom stereocenters. The van der Waals surface area contributed by atoms with Gasteiger partial charge in [-0.05, 0) is 36.2 Å². The third-order valence-corrected chi connectivity index (χ3v) is 3.45. The van der Waals surface area contributed by atoms with E-state index in [9.17, 15) is 9.90 Å². The van der Waals surface area contributed by atoms with Crippen molar-refractivity contribution in [1.82, 2.24) is 5.32 Å². The number of carbonyl (C=O) groups excluding carboxylic acids is 1. The molecule has 0 saturated heterocycles. The van der Waals surface area contributed by atoms with E-state index >= 15 is 0 Å². The van der Waals surface area contributed by atoms with E-state index in [2.05, 4.69) is 10.6 Å². The molecule has 5 nitrogen and oxygen atoms in total. The van der Waals surface area contributed by atoms with E-state index in [0.717, 1.165) is 5.56 Å². The van der Waals surface area contributed by atoms with Gasteiger partial charge in [0.25, 0.3) is 5.91 Å². The largest absolute Gasteiger partial charge is 0.506 e. The average molecular weight is 342 g/mol. The van der Waals surface area contributed by atoms with Crippen molar-refractivity contribution < 1.29 is 9.90 Å².